The maximum atomic E-state index is 5.98. The zero-order valence-corrected chi connectivity index (χ0v) is 13.6. The van der Waals surface area contributed by atoms with E-state index in [-0.39, 0.29) is 0 Å². The summed E-state index contributed by atoms with van der Waals surface area (Å²) in [6.45, 7) is 4.06. The second-order valence-corrected chi connectivity index (χ2v) is 5.37. The molecular weight excluding hydrogens is 288 g/mol. The highest BCUT2D eigenvalue weighted by Gasteiger charge is 2.11. The molecule has 0 aliphatic carbocycles. The average Bonchev–Trinajstić information content (AvgIpc) is 2.97. The standard InChI is InChI=1S/C19H22N2O2/c1-3-21-15(11-16-14(12-20)7-6-8-17(16)21)13-23-19-10-5-4-9-18(19)22-2/h4-11H,3,12-13,20H2,1-2H3. The maximum absolute atomic E-state index is 5.98. The topological polar surface area (TPSA) is 49.4 Å². The molecule has 3 rings (SSSR count). The molecule has 0 radical (unpaired) electrons. The van der Waals surface area contributed by atoms with Crippen LogP contribution in [-0.2, 0) is 19.7 Å². The fraction of sp³-hybridized carbons (Fsp3) is 0.263. The molecule has 0 aliphatic rings. The van der Waals surface area contributed by atoms with E-state index >= 15 is 0 Å². The van der Waals surface area contributed by atoms with Crippen LogP contribution >= 0.6 is 0 Å². The van der Waals surface area contributed by atoms with Gasteiger partial charge in [-0.3, -0.25) is 0 Å². The Labute approximate surface area is 136 Å². The van der Waals surface area contributed by atoms with Crippen molar-refractivity contribution in [2.24, 2.45) is 5.73 Å². The summed E-state index contributed by atoms with van der Waals surface area (Å²) in [5.41, 5.74) is 9.36. The van der Waals surface area contributed by atoms with Crippen LogP contribution in [0.5, 0.6) is 11.5 Å². The monoisotopic (exact) mass is 310 g/mol. The minimum absolute atomic E-state index is 0.493. The summed E-state index contributed by atoms with van der Waals surface area (Å²) in [6.07, 6.45) is 0. The average molecular weight is 310 g/mol. The van der Waals surface area contributed by atoms with Gasteiger partial charge >= 0.3 is 0 Å². The van der Waals surface area contributed by atoms with Crippen molar-refractivity contribution in [2.45, 2.75) is 26.6 Å². The lowest BCUT2D eigenvalue weighted by Gasteiger charge is -2.12. The van der Waals surface area contributed by atoms with Gasteiger partial charge in [-0.2, -0.15) is 0 Å². The molecule has 0 atom stereocenters. The summed E-state index contributed by atoms with van der Waals surface area (Å²) in [4.78, 5) is 0. The van der Waals surface area contributed by atoms with Gasteiger partial charge in [0.05, 0.1) is 12.8 Å². The van der Waals surface area contributed by atoms with Crippen LogP contribution in [0.2, 0.25) is 0 Å². The van der Waals surface area contributed by atoms with Gasteiger partial charge in [-0.1, -0.05) is 24.3 Å². The molecule has 0 saturated heterocycles. The number of aromatic nitrogens is 1. The van der Waals surface area contributed by atoms with E-state index in [0.717, 1.165) is 29.3 Å². The Bertz CT molecular complexity index is 808. The molecule has 1 heterocycles. The fourth-order valence-electron chi connectivity index (χ4n) is 2.96. The largest absolute Gasteiger partial charge is 0.493 e. The van der Waals surface area contributed by atoms with E-state index in [1.165, 1.54) is 10.9 Å². The Kier molecular flexibility index (Phi) is 4.53. The summed E-state index contributed by atoms with van der Waals surface area (Å²) in [5, 5.41) is 1.20. The molecule has 0 bridgehead atoms. The van der Waals surface area contributed by atoms with Crippen LogP contribution in [0.15, 0.2) is 48.5 Å². The Morgan fingerprint density at radius 3 is 2.52 bits per heavy atom. The van der Waals surface area contributed by atoms with Crippen molar-refractivity contribution < 1.29 is 9.47 Å². The normalized spacial score (nSPS) is 10.9. The summed E-state index contributed by atoms with van der Waals surface area (Å²) in [7, 11) is 1.65. The summed E-state index contributed by atoms with van der Waals surface area (Å²) in [6, 6.07) is 16.1. The number of methoxy groups -OCH3 is 1. The highest BCUT2D eigenvalue weighted by Crippen LogP contribution is 2.28. The molecule has 0 aliphatic heterocycles. The van der Waals surface area contributed by atoms with Gasteiger partial charge in [0.15, 0.2) is 11.5 Å². The minimum atomic E-state index is 0.493. The van der Waals surface area contributed by atoms with Gasteiger partial charge in [0.25, 0.3) is 0 Å². The number of fused-ring (bicyclic) bond motifs is 1. The summed E-state index contributed by atoms with van der Waals surface area (Å²) < 4.78 is 13.6. The third-order valence-corrected chi connectivity index (χ3v) is 4.10. The Hall–Kier alpha value is -2.46. The SMILES string of the molecule is CCn1c(COc2ccccc2OC)cc2c(CN)cccc21. The first kappa shape index (κ1) is 15.4. The van der Waals surface area contributed by atoms with Crippen molar-refractivity contribution in [3.8, 4) is 11.5 Å². The van der Waals surface area contributed by atoms with Crippen LogP contribution in [-0.4, -0.2) is 11.7 Å². The van der Waals surface area contributed by atoms with Crippen LogP contribution < -0.4 is 15.2 Å². The quantitative estimate of drug-likeness (QED) is 0.755. The van der Waals surface area contributed by atoms with Crippen LogP contribution in [0.3, 0.4) is 0 Å². The van der Waals surface area contributed by atoms with Crippen molar-refractivity contribution in [1.82, 2.24) is 4.57 Å². The smallest absolute Gasteiger partial charge is 0.161 e. The van der Waals surface area contributed by atoms with Crippen molar-refractivity contribution >= 4 is 10.9 Å². The first-order valence-electron chi connectivity index (χ1n) is 7.84. The van der Waals surface area contributed by atoms with E-state index in [9.17, 15) is 0 Å². The number of para-hydroxylation sites is 2. The van der Waals surface area contributed by atoms with Crippen LogP contribution in [0.25, 0.3) is 10.9 Å². The maximum Gasteiger partial charge on any atom is 0.161 e. The van der Waals surface area contributed by atoms with E-state index < -0.39 is 0 Å². The molecule has 4 nitrogen and oxygen atoms in total. The minimum Gasteiger partial charge on any atom is -0.493 e. The van der Waals surface area contributed by atoms with Crippen LogP contribution in [0.4, 0.5) is 0 Å². The lowest BCUT2D eigenvalue weighted by molar-refractivity contribution is 0.277. The number of hydrogen-bond acceptors (Lipinski definition) is 3. The molecule has 2 aromatic carbocycles. The third kappa shape index (κ3) is 2.90. The van der Waals surface area contributed by atoms with Gasteiger partial charge in [-0.25, -0.2) is 0 Å². The van der Waals surface area contributed by atoms with E-state index in [2.05, 4.69) is 35.8 Å². The number of nitrogens with two attached hydrogens (primary N) is 1. The second kappa shape index (κ2) is 6.75. The summed E-state index contributed by atoms with van der Waals surface area (Å²) in [5.74, 6) is 1.50. The fourth-order valence-corrected chi connectivity index (χ4v) is 2.96. The summed E-state index contributed by atoms with van der Waals surface area (Å²) >= 11 is 0. The van der Waals surface area contributed by atoms with Crippen molar-refractivity contribution in [3.63, 3.8) is 0 Å². The molecule has 120 valence electrons. The van der Waals surface area contributed by atoms with Gasteiger partial charge in [0.2, 0.25) is 0 Å². The molecule has 3 aromatic rings. The molecule has 1 aromatic heterocycles. The van der Waals surface area contributed by atoms with Crippen molar-refractivity contribution in [3.05, 3.63) is 59.8 Å². The molecule has 2 N–H and O–H groups in total. The van der Waals surface area contributed by atoms with Gasteiger partial charge in [-0.05, 0) is 36.8 Å². The Morgan fingerprint density at radius 1 is 1.04 bits per heavy atom. The number of hydrogen-bond donors (Lipinski definition) is 1. The van der Waals surface area contributed by atoms with E-state index in [4.69, 9.17) is 15.2 Å². The zero-order chi connectivity index (χ0) is 16.2. The Morgan fingerprint density at radius 2 is 1.83 bits per heavy atom. The zero-order valence-electron chi connectivity index (χ0n) is 13.6. The number of ether oxygens (including phenoxy) is 2. The first-order valence-corrected chi connectivity index (χ1v) is 7.84. The number of benzene rings is 2. The van der Waals surface area contributed by atoms with Crippen LogP contribution in [0, 0.1) is 0 Å². The van der Waals surface area contributed by atoms with Gasteiger partial charge in [-0.15, -0.1) is 0 Å². The predicted molar refractivity (Wildman–Crippen MR) is 92.8 cm³/mol. The molecule has 0 saturated carbocycles. The molecule has 0 unspecified atom stereocenters. The number of aryl methyl sites for hydroxylation is 1. The van der Waals surface area contributed by atoms with Crippen LogP contribution in [0.1, 0.15) is 18.2 Å². The first-order chi connectivity index (χ1) is 11.3. The number of nitrogens with zero attached hydrogens (tertiary/aromatic N) is 1. The third-order valence-electron chi connectivity index (χ3n) is 4.10. The molecule has 4 heteroatoms. The van der Waals surface area contributed by atoms with E-state index in [1.807, 2.05) is 24.3 Å². The number of rotatable bonds is 6. The van der Waals surface area contributed by atoms with Gasteiger partial charge in [0, 0.05) is 24.0 Å². The predicted octanol–water partition coefficient (Wildman–Crippen LogP) is 3.71. The second-order valence-electron chi connectivity index (χ2n) is 5.37. The van der Waals surface area contributed by atoms with Crippen molar-refractivity contribution in [1.29, 1.82) is 0 Å². The van der Waals surface area contributed by atoms with Gasteiger partial charge < -0.3 is 19.8 Å². The van der Waals surface area contributed by atoms with Crippen molar-refractivity contribution in [2.75, 3.05) is 7.11 Å². The van der Waals surface area contributed by atoms with E-state index in [1.54, 1.807) is 7.11 Å². The highest BCUT2D eigenvalue weighted by molar-refractivity contribution is 5.84. The lowest BCUT2D eigenvalue weighted by atomic mass is 10.1. The lowest BCUT2D eigenvalue weighted by Crippen LogP contribution is -2.05. The molecule has 23 heavy (non-hydrogen) atoms. The molecule has 0 spiro atoms. The van der Waals surface area contributed by atoms with Gasteiger partial charge in [0.1, 0.15) is 6.61 Å². The van der Waals surface area contributed by atoms with E-state index in [0.29, 0.717) is 13.2 Å². The molecular formula is C19H22N2O2. The highest BCUT2D eigenvalue weighted by atomic mass is 16.5. The molecule has 0 fully saturated rings. The molecule has 0 amide bonds. The Balaban J connectivity index is 1.93.